The summed E-state index contributed by atoms with van der Waals surface area (Å²) in [5.74, 6) is 0. The molecule has 0 aliphatic heterocycles. The summed E-state index contributed by atoms with van der Waals surface area (Å²) in [6.45, 7) is 11.1. The van der Waals surface area contributed by atoms with Gasteiger partial charge >= 0.3 is 0 Å². The Morgan fingerprint density at radius 3 is 1.56 bits per heavy atom. The van der Waals surface area contributed by atoms with E-state index in [9.17, 15) is 0 Å². The van der Waals surface area contributed by atoms with E-state index in [-0.39, 0.29) is 5.41 Å². The van der Waals surface area contributed by atoms with E-state index < -0.39 is 0 Å². The number of pyridine rings is 1. The van der Waals surface area contributed by atoms with Gasteiger partial charge in [0.05, 0.1) is 11.4 Å². The zero-order chi connectivity index (χ0) is 27.6. The lowest BCUT2D eigenvalue weighted by atomic mass is 9.86. The maximum absolute atomic E-state index is 6.76. The van der Waals surface area contributed by atoms with Crippen molar-refractivity contribution in [1.29, 1.82) is 0 Å². The molecular weight excluding hydrogens is 472 g/mol. The first-order valence-corrected chi connectivity index (χ1v) is 14.0. The molecule has 0 fully saturated rings. The van der Waals surface area contributed by atoms with Crippen LogP contribution in [0.15, 0.2) is 103 Å². The predicted molar refractivity (Wildman–Crippen MR) is 168 cm³/mol. The van der Waals surface area contributed by atoms with E-state index in [1.54, 1.807) is 0 Å². The SMILES string of the molecule is CCc1ccccc1-c1cc(-c2ccc(-c3ccc(C(C)(C)C)cc3)cc2N)cc(-c2ccccc2CC)n1. The molecule has 0 spiro atoms. The quantitative estimate of drug-likeness (QED) is 0.231. The van der Waals surface area contributed by atoms with Crippen molar-refractivity contribution in [3.8, 4) is 44.8 Å². The highest BCUT2D eigenvalue weighted by molar-refractivity contribution is 5.85. The first-order chi connectivity index (χ1) is 18.8. The van der Waals surface area contributed by atoms with Crippen LogP contribution >= 0.6 is 0 Å². The number of nitrogens with zero attached hydrogens (tertiary/aromatic N) is 1. The summed E-state index contributed by atoms with van der Waals surface area (Å²) in [6, 6.07) is 36.8. The van der Waals surface area contributed by atoms with Crippen LogP contribution in [0.3, 0.4) is 0 Å². The standard InChI is InChI=1S/C37H38N2/c1-6-25-12-8-10-14-32(25)35-23-29(24-36(39-35)33-15-11-9-13-26(33)7-2)31-21-18-28(22-34(31)38)27-16-19-30(20-17-27)37(3,4)5/h8-24H,6-7,38H2,1-5H3. The fourth-order valence-electron chi connectivity index (χ4n) is 5.29. The highest BCUT2D eigenvalue weighted by Gasteiger charge is 2.16. The molecule has 1 heterocycles. The van der Waals surface area contributed by atoms with E-state index in [0.717, 1.165) is 46.6 Å². The van der Waals surface area contributed by atoms with Gasteiger partial charge in [-0.25, -0.2) is 4.98 Å². The van der Waals surface area contributed by atoms with E-state index in [4.69, 9.17) is 10.7 Å². The zero-order valence-corrected chi connectivity index (χ0v) is 23.8. The zero-order valence-electron chi connectivity index (χ0n) is 23.8. The second-order valence-electron chi connectivity index (χ2n) is 11.3. The van der Waals surface area contributed by atoms with Gasteiger partial charge < -0.3 is 5.73 Å². The Bertz CT molecular complexity index is 1540. The Labute approximate surface area is 233 Å². The Morgan fingerprint density at radius 2 is 1.08 bits per heavy atom. The minimum atomic E-state index is 0.130. The van der Waals surface area contributed by atoms with Gasteiger partial charge in [0.15, 0.2) is 0 Å². The molecule has 0 aliphatic rings. The lowest BCUT2D eigenvalue weighted by molar-refractivity contribution is 0.590. The molecule has 2 nitrogen and oxygen atoms in total. The molecule has 0 unspecified atom stereocenters. The molecule has 4 aromatic carbocycles. The van der Waals surface area contributed by atoms with Gasteiger partial charge in [-0.1, -0.05) is 120 Å². The van der Waals surface area contributed by atoms with Crippen LogP contribution in [0.5, 0.6) is 0 Å². The van der Waals surface area contributed by atoms with Crippen LogP contribution in [-0.4, -0.2) is 4.98 Å². The average Bonchev–Trinajstić information content (AvgIpc) is 2.96. The number of aryl methyl sites for hydroxylation is 2. The van der Waals surface area contributed by atoms with Gasteiger partial charge in [-0.3, -0.25) is 0 Å². The number of nitrogen functional groups attached to an aromatic ring is 1. The normalized spacial score (nSPS) is 11.5. The summed E-state index contributed by atoms with van der Waals surface area (Å²) in [5.41, 5.74) is 20.3. The summed E-state index contributed by atoms with van der Waals surface area (Å²) in [5, 5.41) is 0. The number of rotatable bonds is 6. The molecule has 196 valence electrons. The van der Waals surface area contributed by atoms with E-state index in [0.29, 0.717) is 0 Å². The molecule has 5 rings (SSSR count). The molecule has 5 aromatic rings. The largest absolute Gasteiger partial charge is 0.398 e. The molecule has 2 heteroatoms. The predicted octanol–water partition coefficient (Wildman–Crippen LogP) is 9.75. The fraction of sp³-hybridized carbons (Fsp3) is 0.216. The maximum Gasteiger partial charge on any atom is 0.0718 e. The second-order valence-corrected chi connectivity index (χ2v) is 11.3. The van der Waals surface area contributed by atoms with E-state index in [1.165, 1.54) is 33.4 Å². The van der Waals surface area contributed by atoms with Crippen molar-refractivity contribution < 1.29 is 0 Å². The molecular formula is C37H38N2. The lowest BCUT2D eigenvalue weighted by Crippen LogP contribution is -2.10. The molecule has 0 saturated carbocycles. The van der Waals surface area contributed by atoms with Crippen molar-refractivity contribution in [2.45, 2.75) is 52.9 Å². The molecule has 0 bridgehead atoms. The first-order valence-electron chi connectivity index (χ1n) is 14.0. The number of hydrogen-bond acceptors (Lipinski definition) is 2. The molecule has 0 saturated heterocycles. The molecule has 0 atom stereocenters. The lowest BCUT2D eigenvalue weighted by Gasteiger charge is -2.19. The monoisotopic (exact) mass is 510 g/mol. The van der Waals surface area contributed by atoms with E-state index in [2.05, 4.69) is 138 Å². The fourth-order valence-corrected chi connectivity index (χ4v) is 5.29. The van der Waals surface area contributed by atoms with Gasteiger partial charge in [-0.15, -0.1) is 0 Å². The van der Waals surface area contributed by atoms with Crippen LogP contribution in [0.4, 0.5) is 5.69 Å². The molecule has 39 heavy (non-hydrogen) atoms. The first kappa shape index (κ1) is 26.4. The Balaban J connectivity index is 1.63. The Morgan fingerprint density at radius 1 is 0.564 bits per heavy atom. The molecule has 1 aromatic heterocycles. The van der Waals surface area contributed by atoms with Crippen molar-refractivity contribution in [2.75, 3.05) is 5.73 Å². The third kappa shape index (κ3) is 5.52. The van der Waals surface area contributed by atoms with Gasteiger partial charge in [0.1, 0.15) is 0 Å². The molecule has 2 N–H and O–H groups in total. The summed E-state index contributed by atoms with van der Waals surface area (Å²) in [4.78, 5) is 5.20. The van der Waals surface area contributed by atoms with Gasteiger partial charge in [0.25, 0.3) is 0 Å². The van der Waals surface area contributed by atoms with Crippen molar-refractivity contribution in [2.24, 2.45) is 0 Å². The highest BCUT2D eigenvalue weighted by atomic mass is 14.7. The van der Waals surface area contributed by atoms with Crippen molar-refractivity contribution >= 4 is 5.69 Å². The van der Waals surface area contributed by atoms with Gasteiger partial charge in [-0.05, 0) is 69.8 Å². The van der Waals surface area contributed by atoms with E-state index >= 15 is 0 Å². The minimum absolute atomic E-state index is 0.130. The Hall–Kier alpha value is -4.17. The third-order valence-electron chi connectivity index (χ3n) is 7.62. The summed E-state index contributed by atoms with van der Waals surface area (Å²) < 4.78 is 0. The number of benzene rings is 4. The maximum atomic E-state index is 6.76. The van der Waals surface area contributed by atoms with Crippen LogP contribution in [0.2, 0.25) is 0 Å². The number of nitrogens with two attached hydrogens (primary N) is 1. The van der Waals surface area contributed by atoms with Crippen LogP contribution in [-0.2, 0) is 18.3 Å². The third-order valence-corrected chi connectivity index (χ3v) is 7.62. The molecule has 0 aliphatic carbocycles. The smallest absolute Gasteiger partial charge is 0.0718 e. The van der Waals surface area contributed by atoms with Crippen LogP contribution in [0.25, 0.3) is 44.8 Å². The van der Waals surface area contributed by atoms with Gasteiger partial charge in [0.2, 0.25) is 0 Å². The van der Waals surface area contributed by atoms with E-state index in [1.807, 2.05) is 0 Å². The molecule has 0 amide bonds. The summed E-state index contributed by atoms with van der Waals surface area (Å²) in [7, 11) is 0. The molecule has 0 radical (unpaired) electrons. The summed E-state index contributed by atoms with van der Waals surface area (Å²) >= 11 is 0. The summed E-state index contributed by atoms with van der Waals surface area (Å²) in [6.07, 6.45) is 1.90. The second kappa shape index (κ2) is 10.9. The topological polar surface area (TPSA) is 38.9 Å². The van der Waals surface area contributed by atoms with Crippen molar-refractivity contribution in [3.05, 3.63) is 120 Å². The van der Waals surface area contributed by atoms with Crippen molar-refractivity contribution in [3.63, 3.8) is 0 Å². The van der Waals surface area contributed by atoms with Gasteiger partial charge in [0, 0.05) is 22.4 Å². The average molecular weight is 511 g/mol. The Kier molecular flexibility index (Phi) is 7.39. The number of anilines is 1. The van der Waals surface area contributed by atoms with Gasteiger partial charge in [-0.2, -0.15) is 0 Å². The highest BCUT2D eigenvalue weighted by Crippen LogP contribution is 2.37. The number of hydrogen-bond donors (Lipinski definition) is 1. The van der Waals surface area contributed by atoms with Crippen LogP contribution in [0.1, 0.15) is 51.3 Å². The van der Waals surface area contributed by atoms with Crippen LogP contribution < -0.4 is 5.73 Å². The van der Waals surface area contributed by atoms with Crippen molar-refractivity contribution in [1.82, 2.24) is 4.98 Å². The minimum Gasteiger partial charge on any atom is -0.398 e. The number of aromatic nitrogens is 1. The van der Waals surface area contributed by atoms with Crippen LogP contribution in [0, 0.1) is 0 Å².